The fourth-order valence-electron chi connectivity index (χ4n) is 0.924. The molecule has 2 heteroatoms. The second-order valence-electron chi connectivity index (χ2n) is 3.57. The average molecular weight is 182 g/mol. The van der Waals surface area contributed by atoms with Gasteiger partial charge in [-0.1, -0.05) is 26.0 Å². The summed E-state index contributed by atoms with van der Waals surface area (Å²) in [7, 11) is 0. The van der Waals surface area contributed by atoms with Gasteiger partial charge in [0.25, 0.3) is 0 Å². The fourth-order valence-corrected chi connectivity index (χ4v) is 0.924. The quantitative estimate of drug-likeness (QED) is 0.371. The minimum Gasteiger partial charge on any atom is -0.463 e. The Balaban J connectivity index is 4.08. The van der Waals surface area contributed by atoms with Crippen molar-refractivity contribution >= 4 is 5.97 Å². The van der Waals surface area contributed by atoms with Crippen molar-refractivity contribution in [1.29, 1.82) is 0 Å². The minimum absolute atomic E-state index is 0.0193. The number of allylic oxidation sites excluding steroid dienone is 2. The van der Waals surface area contributed by atoms with Crippen molar-refractivity contribution in [2.45, 2.75) is 27.2 Å². The van der Waals surface area contributed by atoms with E-state index in [4.69, 9.17) is 4.74 Å². The summed E-state index contributed by atoms with van der Waals surface area (Å²) in [5.74, 6) is -0.278. The van der Waals surface area contributed by atoms with Gasteiger partial charge >= 0.3 is 5.97 Å². The Kier molecular flexibility index (Phi) is 5.12. The molecule has 0 aromatic rings. The lowest BCUT2D eigenvalue weighted by Crippen LogP contribution is -2.07. The first kappa shape index (κ1) is 11.9. The van der Waals surface area contributed by atoms with Crippen molar-refractivity contribution in [2.24, 2.45) is 5.41 Å². The molecular formula is C11H18O2. The van der Waals surface area contributed by atoms with Crippen molar-refractivity contribution in [2.75, 3.05) is 6.61 Å². The van der Waals surface area contributed by atoms with E-state index in [-0.39, 0.29) is 11.4 Å². The molecule has 0 fully saturated rings. The maximum atomic E-state index is 11.0. The Morgan fingerprint density at radius 1 is 1.54 bits per heavy atom. The molecule has 0 radical (unpaired) electrons. The van der Waals surface area contributed by atoms with E-state index in [9.17, 15) is 4.79 Å². The molecule has 0 spiro atoms. The van der Waals surface area contributed by atoms with Crippen LogP contribution in [0.1, 0.15) is 27.2 Å². The smallest absolute Gasteiger partial charge is 0.330 e. The Morgan fingerprint density at radius 3 is 2.62 bits per heavy atom. The van der Waals surface area contributed by atoms with Crippen LogP contribution in [-0.2, 0) is 9.53 Å². The fraction of sp³-hybridized carbons (Fsp3) is 0.545. The molecule has 0 aliphatic rings. The molecule has 0 aromatic carbocycles. The van der Waals surface area contributed by atoms with Gasteiger partial charge < -0.3 is 4.74 Å². The molecule has 13 heavy (non-hydrogen) atoms. The molecular weight excluding hydrogens is 164 g/mol. The van der Waals surface area contributed by atoms with E-state index in [0.717, 1.165) is 6.42 Å². The number of esters is 1. The van der Waals surface area contributed by atoms with E-state index in [1.807, 2.05) is 26.0 Å². The summed E-state index contributed by atoms with van der Waals surface area (Å²) in [6, 6.07) is 0. The van der Waals surface area contributed by atoms with Crippen LogP contribution in [0.2, 0.25) is 0 Å². The average Bonchev–Trinajstić information content (AvgIpc) is 2.02. The summed E-state index contributed by atoms with van der Waals surface area (Å²) >= 11 is 0. The van der Waals surface area contributed by atoms with Gasteiger partial charge in [-0.15, -0.1) is 6.58 Å². The Morgan fingerprint density at radius 2 is 2.15 bits per heavy atom. The van der Waals surface area contributed by atoms with Crippen LogP contribution >= 0.6 is 0 Å². The summed E-state index contributed by atoms with van der Waals surface area (Å²) in [6.07, 6.45) is 6.03. The predicted octanol–water partition coefficient (Wildman–Crippen LogP) is 2.71. The number of ether oxygens (including phenoxy) is 1. The van der Waals surface area contributed by atoms with Gasteiger partial charge in [-0.05, 0) is 18.8 Å². The predicted molar refractivity (Wildman–Crippen MR) is 54.4 cm³/mol. The van der Waals surface area contributed by atoms with Crippen LogP contribution in [0.5, 0.6) is 0 Å². The second-order valence-corrected chi connectivity index (χ2v) is 3.57. The van der Waals surface area contributed by atoms with E-state index >= 15 is 0 Å². The third-order valence-corrected chi connectivity index (χ3v) is 1.63. The summed E-state index contributed by atoms with van der Waals surface area (Å²) in [5.41, 5.74) is -0.0193. The largest absolute Gasteiger partial charge is 0.463 e. The zero-order chi connectivity index (χ0) is 10.3. The molecule has 0 heterocycles. The van der Waals surface area contributed by atoms with Crippen molar-refractivity contribution in [3.05, 3.63) is 24.8 Å². The lowest BCUT2D eigenvalue weighted by Gasteiger charge is -2.16. The number of carbonyl (C=O) groups excluding carboxylic acids is 1. The summed E-state index contributed by atoms with van der Waals surface area (Å²) in [5, 5.41) is 0. The third-order valence-electron chi connectivity index (χ3n) is 1.63. The van der Waals surface area contributed by atoms with Crippen LogP contribution in [0.4, 0.5) is 0 Å². The lowest BCUT2D eigenvalue weighted by atomic mass is 9.89. The molecule has 0 aliphatic heterocycles. The highest BCUT2D eigenvalue weighted by Gasteiger charge is 2.11. The normalized spacial score (nSPS) is 11.6. The molecule has 2 nitrogen and oxygen atoms in total. The zero-order valence-corrected chi connectivity index (χ0v) is 8.67. The molecule has 0 aromatic heterocycles. The summed E-state index contributed by atoms with van der Waals surface area (Å²) in [6.45, 7) is 9.97. The highest BCUT2D eigenvalue weighted by molar-refractivity contribution is 5.81. The monoisotopic (exact) mass is 182 g/mol. The number of hydrogen-bond acceptors (Lipinski definition) is 2. The van der Waals surface area contributed by atoms with E-state index in [1.165, 1.54) is 6.08 Å². The van der Waals surface area contributed by atoms with E-state index in [0.29, 0.717) is 6.61 Å². The van der Waals surface area contributed by atoms with Crippen LogP contribution in [0.3, 0.4) is 0 Å². The van der Waals surface area contributed by atoms with Crippen molar-refractivity contribution in [3.8, 4) is 0 Å². The molecule has 0 unspecified atom stereocenters. The Bertz CT molecular complexity index is 202. The maximum Gasteiger partial charge on any atom is 0.330 e. The van der Waals surface area contributed by atoms with Gasteiger partial charge in [0.2, 0.25) is 0 Å². The Hall–Kier alpha value is -1.05. The van der Waals surface area contributed by atoms with Crippen LogP contribution in [0.15, 0.2) is 24.8 Å². The highest BCUT2D eigenvalue weighted by atomic mass is 16.5. The van der Waals surface area contributed by atoms with E-state index in [1.54, 1.807) is 6.92 Å². The van der Waals surface area contributed by atoms with Crippen molar-refractivity contribution in [3.63, 3.8) is 0 Å². The van der Waals surface area contributed by atoms with Crippen LogP contribution < -0.4 is 0 Å². The number of carbonyl (C=O) groups is 1. The molecule has 0 saturated heterocycles. The van der Waals surface area contributed by atoms with Gasteiger partial charge in [0.1, 0.15) is 0 Å². The first-order valence-electron chi connectivity index (χ1n) is 4.48. The Labute approximate surface area is 80.3 Å². The maximum absolute atomic E-state index is 11.0. The summed E-state index contributed by atoms with van der Waals surface area (Å²) in [4.78, 5) is 11.0. The molecule has 0 amide bonds. The van der Waals surface area contributed by atoms with Gasteiger partial charge in [0, 0.05) is 6.08 Å². The van der Waals surface area contributed by atoms with Gasteiger partial charge in [-0.25, -0.2) is 4.79 Å². The molecule has 74 valence electrons. The van der Waals surface area contributed by atoms with Gasteiger partial charge in [-0.2, -0.15) is 0 Å². The van der Waals surface area contributed by atoms with Gasteiger partial charge in [-0.3, -0.25) is 0 Å². The van der Waals surface area contributed by atoms with Crippen LogP contribution in [-0.4, -0.2) is 12.6 Å². The topological polar surface area (TPSA) is 26.3 Å². The van der Waals surface area contributed by atoms with E-state index < -0.39 is 0 Å². The first-order valence-corrected chi connectivity index (χ1v) is 4.48. The van der Waals surface area contributed by atoms with Gasteiger partial charge in [0.15, 0.2) is 0 Å². The summed E-state index contributed by atoms with van der Waals surface area (Å²) < 4.78 is 4.76. The second kappa shape index (κ2) is 5.57. The SMILES string of the molecule is C=CCC(C)(C)/C=C/C(=O)OCC. The molecule has 0 bridgehead atoms. The molecule has 0 rings (SSSR count). The third kappa shape index (κ3) is 6.14. The number of rotatable bonds is 5. The highest BCUT2D eigenvalue weighted by Crippen LogP contribution is 2.22. The molecule has 0 aliphatic carbocycles. The van der Waals surface area contributed by atoms with E-state index in [2.05, 4.69) is 6.58 Å². The number of hydrogen-bond donors (Lipinski definition) is 0. The standard InChI is InChI=1S/C11H18O2/c1-5-8-11(3,4)9-7-10(12)13-6-2/h5,7,9H,1,6,8H2,2-4H3/b9-7+. The zero-order valence-electron chi connectivity index (χ0n) is 8.67. The van der Waals surface area contributed by atoms with Crippen LogP contribution in [0.25, 0.3) is 0 Å². The lowest BCUT2D eigenvalue weighted by molar-refractivity contribution is -0.137. The minimum atomic E-state index is -0.278. The molecule has 0 saturated carbocycles. The van der Waals surface area contributed by atoms with Crippen molar-refractivity contribution in [1.82, 2.24) is 0 Å². The molecule has 0 N–H and O–H groups in total. The van der Waals surface area contributed by atoms with Crippen LogP contribution in [0, 0.1) is 5.41 Å². The molecule has 0 atom stereocenters. The van der Waals surface area contributed by atoms with Gasteiger partial charge in [0.05, 0.1) is 6.61 Å². The first-order chi connectivity index (χ1) is 6.02. The van der Waals surface area contributed by atoms with Crippen molar-refractivity contribution < 1.29 is 9.53 Å².